The number of nitrogens with one attached hydrogen (secondary N) is 1. The number of ether oxygens (including phenoxy) is 2. The largest absolute Gasteiger partial charge is 0.469 e. The van der Waals surface area contributed by atoms with Gasteiger partial charge in [0.25, 0.3) is 0 Å². The van der Waals surface area contributed by atoms with Crippen molar-refractivity contribution in [2.24, 2.45) is 46.0 Å². The summed E-state index contributed by atoms with van der Waals surface area (Å²) in [6.07, 6.45) is 8.68. The van der Waals surface area contributed by atoms with Crippen LogP contribution in [0.15, 0.2) is 0 Å². The van der Waals surface area contributed by atoms with Gasteiger partial charge in [0.1, 0.15) is 6.10 Å². The molecule has 0 saturated heterocycles. The Balaban J connectivity index is 1.48. The lowest BCUT2D eigenvalue weighted by atomic mass is 9.42. The Morgan fingerprint density at radius 3 is 2.52 bits per heavy atom. The average Bonchev–Trinajstić information content (AvgIpc) is 3.03. The zero-order valence-electron chi connectivity index (χ0n) is 19.5. The van der Waals surface area contributed by atoms with E-state index < -0.39 is 0 Å². The second-order valence-corrected chi connectivity index (χ2v) is 11.1. The zero-order chi connectivity index (χ0) is 22.4. The third-order valence-corrected chi connectivity index (χ3v) is 10.1. The monoisotopic (exact) mass is 435 g/mol. The third-order valence-electron chi connectivity index (χ3n) is 10.1. The highest BCUT2D eigenvalue weighted by molar-refractivity contribution is 5.74. The van der Waals surface area contributed by atoms with E-state index in [0.29, 0.717) is 30.8 Å². The molecule has 7 nitrogen and oxygen atoms in total. The molecule has 4 saturated carbocycles. The normalized spacial score (nSPS) is 46.3. The maximum absolute atomic E-state index is 12.5. The predicted molar refractivity (Wildman–Crippen MR) is 118 cm³/mol. The van der Waals surface area contributed by atoms with Gasteiger partial charge in [0.05, 0.1) is 13.0 Å². The molecule has 5 N–H and O–H groups in total. The molecule has 31 heavy (non-hydrogen) atoms. The van der Waals surface area contributed by atoms with E-state index in [4.69, 9.17) is 20.9 Å². The van der Waals surface area contributed by atoms with Crippen LogP contribution in [0.4, 0.5) is 4.79 Å². The second kappa shape index (κ2) is 8.22. The first-order chi connectivity index (χ1) is 14.7. The summed E-state index contributed by atoms with van der Waals surface area (Å²) in [5.41, 5.74) is 12.5. The van der Waals surface area contributed by atoms with Gasteiger partial charge >= 0.3 is 12.1 Å². The number of fused-ring (bicyclic) bond motifs is 5. The van der Waals surface area contributed by atoms with Crippen LogP contribution in [0.1, 0.15) is 71.6 Å². The predicted octanol–water partition coefficient (Wildman–Crippen LogP) is 2.95. The number of hydrogen-bond acceptors (Lipinski definition) is 6. The quantitative estimate of drug-likeness (QED) is 0.585. The SMILES string of the molecule is COC(=O)C1CCC2(N)C3CCC4CC(OC(=O)NCCN)CCC4(C)C3CCC12C. The molecule has 0 bridgehead atoms. The summed E-state index contributed by atoms with van der Waals surface area (Å²) in [7, 11) is 1.50. The van der Waals surface area contributed by atoms with E-state index >= 15 is 0 Å². The molecule has 0 aromatic rings. The Morgan fingerprint density at radius 1 is 1.03 bits per heavy atom. The van der Waals surface area contributed by atoms with Crippen molar-refractivity contribution in [3.05, 3.63) is 0 Å². The molecule has 0 spiro atoms. The molecule has 0 aliphatic heterocycles. The molecule has 1 amide bonds. The molecular formula is C24H41N3O4. The van der Waals surface area contributed by atoms with Crippen LogP contribution in [0.25, 0.3) is 0 Å². The molecule has 4 aliphatic rings. The van der Waals surface area contributed by atoms with Crippen LogP contribution in [0, 0.1) is 34.5 Å². The second-order valence-electron chi connectivity index (χ2n) is 11.1. The fourth-order valence-corrected chi connectivity index (χ4v) is 8.28. The summed E-state index contributed by atoms with van der Waals surface area (Å²) in [6, 6.07) is 0. The summed E-state index contributed by atoms with van der Waals surface area (Å²) in [4.78, 5) is 24.5. The first-order valence-corrected chi connectivity index (χ1v) is 12.2. The molecule has 0 aromatic heterocycles. The van der Waals surface area contributed by atoms with Gasteiger partial charge in [0, 0.05) is 18.6 Å². The maximum atomic E-state index is 12.5. The molecule has 4 rings (SSSR count). The number of nitrogens with two attached hydrogens (primary N) is 2. The molecule has 8 atom stereocenters. The summed E-state index contributed by atoms with van der Waals surface area (Å²) < 4.78 is 10.9. The van der Waals surface area contributed by atoms with Gasteiger partial charge in [-0.05, 0) is 86.4 Å². The number of carbonyl (C=O) groups is 2. The number of alkyl carbamates (subject to hydrolysis) is 1. The summed E-state index contributed by atoms with van der Waals surface area (Å²) in [5, 5.41) is 2.72. The van der Waals surface area contributed by atoms with Crippen molar-refractivity contribution in [1.82, 2.24) is 5.32 Å². The van der Waals surface area contributed by atoms with Crippen molar-refractivity contribution < 1.29 is 19.1 Å². The molecule has 176 valence electrons. The molecule has 8 unspecified atom stereocenters. The van der Waals surface area contributed by atoms with Crippen molar-refractivity contribution in [3.8, 4) is 0 Å². The Kier molecular flexibility index (Phi) is 6.05. The Morgan fingerprint density at radius 2 is 1.81 bits per heavy atom. The highest BCUT2D eigenvalue weighted by atomic mass is 16.6. The van der Waals surface area contributed by atoms with Gasteiger partial charge in [0.2, 0.25) is 0 Å². The number of esters is 1. The van der Waals surface area contributed by atoms with E-state index in [2.05, 4.69) is 19.2 Å². The fraction of sp³-hybridized carbons (Fsp3) is 0.917. The van der Waals surface area contributed by atoms with Gasteiger partial charge < -0.3 is 26.3 Å². The van der Waals surface area contributed by atoms with Crippen LogP contribution in [0.2, 0.25) is 0 Å². The molecule has 0 aromatic carbocycles. The van der Waals surface area contributed by atoms with Gasteiger partial charge in [-0.3, -0.25) is 4.79 Å². The maximum Gasteiger partial charge on any atom is 0.407 e. The molecule has 0 heterocycles. The first kappa shape index (κ1) is 22.8. The number of methoxy groups -OCH3 is 1. The minimum absolute atomic E-state index is 0.0109. The lowest BCUT2D eigenvalue weighted by molar-refractivity contribution is -0.160. The Labute approximate surface area is 186 Å². The van der Waals surface area contributed by atoms with Gasteiger partial charge in [-0.25, -0.2) is 4.79 Å². The van der Waals surface area contributed by atoms with Crippen LogP contribution in [0.3, 0.4) is 0 Å². The van der Waals surface area contributed by atoms with E-state index in [1.54, 1.807) is 0 Å². The summed E-state index contributed by atoms with van der Waals surface area (Å²) in [5.74, 6) is 1.42. The minimum Gasteiger partial charge on any atom is -0.469 e. The Hall–Kier alpha value is -1.34. The lowest BCUT2D eigenvalue weighted by Gasteiger charge is -2.64. The fourth-order valence-electron chi connectivity index (χ4n) is 8.28. The van der Waals surface area contributed by atoms with Crippen LogP contribution >= 0.6 is 0 Å². The van der Waals surface area contributed by atoms with E-state index in [0.717, 1.165) is 57.8 Å². The highest BCUT2D eigenvalue weighted by Crippen LogP contribution is 2.68. The van der Waals surface area contributed by atoms with Crippen LogP contribution < -0.4 is 16.8 Å². The number of carbonyl (C=O) groups excluding carboxylic acids is 2. The van der Waals surface area contributed by atoms with E-state index in [-0.39, 0.29) is 40.5 Å². The Bertz CT molecular complexity index is 717. The number of rotatable bonds is 4. The van der Waals surface area contributed by atoms with E-state index in [9.17, 15) is 9.59 Å². The number of amides is 1. The molecule has 4 aliphatic carbocycles. The lowest BCUT2D eigenvalue weighted by Crippen LogP contribution is -2.66. The molecule has 7 heteroatoms. The average molecular weight is 436 g/mol. The van der Waals surface area contributed by atoms with Crippen molar-refractivity contribution in [3.63, 3.8) is 0 Å². The van der Waals surface area contributed by atoms with Crippen molar-refractivity contribution in [1.29, 1.82) is 0 Å². The van der Waals surface area contributed by atoms with Gasteiger partial charge in [0.15, 0.2) is 0 Å². The van der Waals surface area contributed by atoms with Gasteiger partial charge in [-0.15, -0.1) is 0 Å². The van der Waals surface area contributed by atoms with Crippen molar-refractivity contribution in [2.75, 3.05) is 20.2 Å². The number of hydrogen-bond donors (Lipinski definition) is 3. The van der Waals surface area contributed by atoms with Crippen LogP contribution in [0.5, 0.6) is 0 Å². The summed E-state index contributed by atoms with van der Waals surface area (Å²) >= 11 is 0. The summed E-state index contributed by atoms with van der Waals surface area (Å²) in [6.45, 7) is 5.56. The van der Waals surface area contributed by atoms with E-state index in [1.165, 1.54) is 7.11 Å². The molecule has 4 fully saturated rings. The topological polar surface area (TPSA) is 117 Å². The van der Waals surface area contributed by atoms with Gasteiger partial charge in [-0.1, -0.05) is 13.8 Å². The minimum atomic E-state index is -0.345. The van der Waals surface area contributed by atoms with Crippen molar-refractivity contribution in [2.45, 2.75) is 83.3 Å². The zero-order valence-corrected chi connectivity index (χ0v) is 19.5. The van der Waals surface area contributed by atoms with Gasteiger partial charge in [-0.2, -0.15) is 0 Å². The first-order valence-electron chi connectivity index (χ1n) is 12.2. The molecular weight excluding hydrogens is 394 g/mol. The smallest absolute Gasteiger partial charge is 0.407 e. The highest BCUT2D eigenvalue weighted by Gasteiger charge is 2.67. The van der Waals surface area contributed by atoms with Crippen molar-refractivity contribution >= 4 is 12.1 Å². The molecule has 0 radical (unpaired) electrons. The van der Waals surface area contributed by atoms with Crippen LogP contribution in [-0.4, -0.2) is 43.9 Å². The van der Waals surface area contributed by atoms with Crippen LogP contribution in [-0.2, 0) is 14.3 Å². The standard InChI is InChI=1S/C24H41N3O4/c1-22-9-6-16(31-21(29)27-13-12-25)14-15(22)4-5-18-17(22)7-10-23(2)19(20(28)30-3)8-11-24(18,23)26/h15-19H,4-14,25-26H2,1-3H3,(H,27,29). The van der Waals surface area contributed by atoms with E-state index in [1.807, 2.05) is 0 Å². The third kappa shape index (κ3) is 3.47.